The molecule has 0 fully saturated rings. The standard InChI is InChI=1S/C40H24O/c1-2-12-27-24-38-36(22-26(27)11-1)35-23-28(20-21-37(35)41-38)39-31-15-5-7-17-33(31)40(34-18-8-6-16-32(34)39)30-19-9-13-25-10-3-4-14-29(25)30/h1-24H/i1D,2D,3D,4D,5D,6D,7D,8D,9D,10D,11D,12D,13D,14D,15D,16D,17D,18D,19D,20D,21D,22D,23D,24D. The second-order valence-electron chi connectivity index (χ2n) is 9.01. The third-order valence-corrected chi connectivity index (χ3v) is 6.82. The smallest absolute Gasteiger partial charge is 0.136 e. The van der Waals surface area contributed by atoms with Gasteiger partial charge in [-0.2, -0.15) is 0 Å². The molecule has 0 amide bonds. The van der Waals surface area contributed by atoms with Crippen molar-refractivity contribution in [3.63, 3.8) is 0 Å². The van der Waals surface area contributed by atoms with Crippen LogP contribution in [0.25, 0.3) is 87.3 Å². The van der Waals surface area contributed by atoms with Gasteiger partial charge in [-0.1, -0.05) is 121 Å². The molecule has 0 N–H and O–H groups in total. The van der Waals surface area contributed by atoms with Crippen LogP contribution in [0.2, 0.25) is 0 Å². The molecule has 1 aromatic heterocycles. The summed E-state index contributed by atoms with van der Waals surface area (Å²) in [6.45, 7) is 0. The van der Waals surface area contributed by atoms with Gasteiger partial charge in [0.25, 0.3) is 0 Å². The predicted octanol–water partition coefficient (Wildman–Crippen LogP) is 11.5. The van der Waals surface area contributed by atoms with E-state index >= 15 is 0 Å². The summed E-state index contributed by atoms with van der Waals surface area (Å²) >= 11 is 0. The fraction of sp³-hybridized carbons (Fsp3) is 0. The topological polar surface area (TPSA) is 13.1 Å². The Kier molecular flexibility index (Phi) is 1.94. The van der Waals surface area contributed by atoms with E-state index in [0.29, 0.717) is 0 Å². The van der Waals surface area contributed by atoms with Gasteiger partial charge in [0.15, 0.2) is 0 Å². The first-order valence-corrected chi connectivity index (χ1v) is 12.2. The van der Waals surface area contributed by atoms with Gasteiger partial charge in [-0.3, -0.25) is 0 Å². The molecular formula is C40H24O. The van der Waals surface area contributed by atoms with Crippen molar-refractivity contribution >= 4 is 65.0 Å². The van der Waals surface area contributed by atoms with Crippen LogP contribution in [-0.2, 0) is 0 Å². The lowest BCUT2D eigenvalue weighted by Crippen LogP contribution is -1.91. The molecule has 0 atom stereocenters. The van der Waals surface area contributed by atoms with Crippen molar-refractivity contribution in [1.82, 2.24) is 0 Å². The van der Waals surface area contributed by atoms with Gasteiger partial charge in [0, 0.05) is 10.8 Å². The van der Waals surface area contributed by atoms with Gasteiger partial charge in [-0.05, 0) is 89.5 Å². The molecule has 41 heavy (non-hydrogen) atoms. The molecule has 0 bridgehead atoms. The summed E-state index contributed by atoms with van der Waals surface area (Å²) < 4.78 is 220. The molecular weight excluding hydrogens is 496 g/mol. The van der Waals surface area contributed by atoms with Gasteiger partial charge in [0.2, 0.25) is 0 Å². The van der Waals surface area contributed by atoms with Gasteiger partial charge in [0.05, 0.1) is 32.9 Å². The Labute approximate surface area is 270 Å². The summed E-state index contributed by atoms with van der Waals surface area (Å²) in [4.78, 5) is 0. The number of hydrogen-bond acceptors (Lipinski definition) is 1. The largest absolute Gasteiger partial charge is 0.456 e. The Morgan fingerprint density at radius 2 is 0.902 bits per heavy atom. The first kappa shape index (κ1) is 9.33. The highest BCUT2D eigenvalue weighted by Gasteiger charge is 2.19. The highest BCUT2D eigenvalue weighted by molar-refractivity contribution is 6.24. The van der Waals surface area contributed by atoms with Crippen LogP contribution in [-0.4, -0.2) is 0 Å². The lowest BCUT2D eigenvalue weighted by Gasteiger charge is -2.18. The van der Waals surface area contributed by atoms with Crippen LogP contribution < -0.4 is 0 Å². The Morgan fingerprint density at radius 1 is 0.366 bits per heavy atom. The van der Waals surface area contributed by atoms with Crippen LogP contribution in [0.3, 0.4) is 0 Å². The van der Waals surface area contributed by atoms with Crippen molar-refractivity contribution in [3.05, 3.63) is 145 Å². The number of furan rings is 1. The molecule has 1 heteroatoms. The van der Waals surface area contributed by atoms with Crippen LogP contribution in [0.5, 0.6) is 0 Å². The molecule has 9 aromatic rings. The van der Waals surface area contributed by atoms with Gasteiger partial charge < -0.3 is 4.42 Å². The minimum absolute atomic E-state index is 0.419. The van der Waals surface area contributed by atoms with Crippen LogP contribution in [0.4, 0.5) is 0 Å². The van der Waals surface area contributed by atoms with E-state index in [1.54, 1.807) is 0 Å². The fourth-order valence-corrected chi connectivity index (χ4v) is 5.11. The van der Waals surface area contributed by atoms with E-state index in [0.717, 1.165) is 0 Å². The average Bonchev–Trinajstić information content (AvgIpc) is 3.69. The molecule has 8 aromatic carbocycles. The first-order valence-electron chi connectivity index (χ1n) is 24.2. The zero-order chi connectivity index (χ0) is 47.8. The molecule has 0 aliphatic rings. The second-order valence-corrected chi connectivity index (χ2v) is 9.01. The maximum atomic E-state index is 9.76. The van der Waals surface area contributed by atoms with E-state index in [-0.39, 0.29) is 0 Å². The molecule has 0 aliphatic carbocycles. The second kappa shape index (κ2) is 8.55. The monoisotopic (exact) mass is 544 g/mol. The van der Waals surface area contributed by atoms with Crippen LogP contribution in [0.1, 0.15) is 32.9 Å². The summed E-state index contributed by atoms with van der Waals surface area (Å²) in [5.74, 6) is 0. The molecule has 0 saturated heterocycles. The van der Waals surface area contributed by atoms with Gasteiger partial charge >= 0.3 is 0 Å². The minimum atomic E-state index is -0.942. The quantitative estimate of drug-likeness (QED) is 0.197. The highest BCUT2D eigenvalue weighted by atomic mass is 16.3. The summed E-state index contributed by atoms with van der Waals surface area (Å²) in [6, 6.07) is -20.4. The Hall–Kier alpha value is -5.40. The van der Waals surface area contributed by atoms with E-state index in [1.807, 2.05) is 0 Å². The van der Waals surface area contributed by atoms with E-state index < -0.39 is 232 Å². The van der Waals surface area contributed by atoms with Gasteiger partial charge in [-0.15, -0.1) is 0 Å². The van der Waals surface area contributed by atoms with Crippen molar-refractivity contribution < 1.29 is 37.3 Å². The maximum Gasteiger partial charge on any atom is 0.136 e. The van der Waals surface area contributed by atoms with Gasteiger partial charge in [0.1, 0.15) is 11.2 Å². The van der Waals surface area contributed by atoms with E-state index in [9.17, 15) is 12.3 Å². The maximum absolute atomic E-state index is 9.76. The summed E-state index contributed by atoms with van der Waals surface area (Å²) in [5, 5.41) is -5.62. The SMILES string of the molecule is [2H]c1c(-c2c3c([2H])c([2H])c([2H])c([2H])c3c(-c3c([2H])c([2H])c([2H])c4c([2H])c([2H])c([2H])c([2H])c34)c3c([2H])c([2H])c([2H])c([2H])c23)c([2H])c2c(oc3c([2H])c4c([2H])c([2H])c([2H])c([2H])c4c([2H])c32)c1[2H]. The van der Waals surface area contributed by atoms with Crippen molar-refractivity contribution in [2.24, 2.45) is 0 Å². The van der Waals surface area contributed by atoms with Crippen molar-refractivity contribution in [2.75, 3.05) is 0 Å². The Morgan fingerprint density at radius 3 is 1.61 bits per heavy atom. The van der Waals surface area contributed by atoms with Crippen molar-refractivity contribution in [1.29, 1.82) is 0 Å². The van der Waals surface area contributed by atoms with Crippen LogP contribution >= 0.6 is 0 Å². The third kappa shape index (κ3) is 3.30. The normalized spacial score (nSPS) is 20.1. The molecule has 1 heterocycles. The lowest BCUT2D eigenvalue weighted by molar-refractivity contribution is 0.669. The van der Waals surface area contributed by atoms with Crippen molar-refractivity contribution in [2.45, 2.75) is 0 Å². The Bertz CT molecular complexity index is 3730. The van der Waals surface area contributed by atoms with Gasteiger partial charge in [-0.25, -0.2) is 0 Å². The molecule has 0 saturated carbocycles. The first-order chi connectivity index (χ1) is 30.3. The van der Waals surface area contributed by atoms with Crippen LogP contribution in [0.15, 0.2) is 149 Å². The zero-order valence-corrected chi connectivity index (χ0v) is 20.4. The highest BCUT2D eigenvalue weighted by Crippen LogP contribution is 2.46. The molecule has 190 valence electrons. The third-order valence-electron chi connectivity index (χ3n) is 6.82. The van der Waals surface area contributed by atoms with E-state index in [2.05, 4.69) is 0 Å². The summed E-state index contributed by atoms with van der Waals surface area (Å²) in [5.41, 5.74) is -3.77. The average molecular weight is 545 g/mol. The molecule has 0 spiro atoms. The van der Waals surface area contributed by atoms with E-state index in [1.165, 1.54) is 0 Å². The number of rotatable bonds is 2. The molecule has 0 aliphatic heterocycles. The number of fused-ring (bicyclic) bond motifs is 7. The summed E-state index contributed by atoms with van der Waals surface area (Å²) in [7, 11) is 0. The molecule has 9 rings (SSSR count). The fourth-order valence-electron chi connectivity index (χ4n) is 5.11. The molecule has 0 radical (unpaired) electrons. The molecule has 0 unspecified atom stereocenters. The number of hydrogen-bond donors (Lipinski definition) is 0. The summed E-state index contributed by atoms with van der Waals surface area (Å²) in [6.07, 6.45) is 0. The van der Waals surface area contributed by atoms with E-state index in [4.69, 9.17) is 25.0 Å². The Balaban J connectivity index is 1.64. The molecule has 1 nitrogen and oxygen atoms in total. The minimum Gasteiger partial charge on any atom is -0.456 e. The number of benzene rings is 8. The predicted molar refractivity (Wildman–Crippen MR) is 175 cm³/mol. The lowest BCUT2D eigenvalue weighted by atomic mass is 9.84. The van der Waals surface area contributed by atoms with Crippen molar-refractivity contribution in [3.8, 4) is 22.3 Å². The zero-order valence-electron chi connectivity index (χ0n) is 44.4. The van der Waals surface area contributed by atoms with Crippen LogP contribution in [0, 0.1) is 0 Å².